The Morgan fingerprint density at radius 1 is 1.23 bits per heavy atom. The molecule has 0 unspecified atom stereocenters. The lowest BCUT2D eigenvalue weighted by Gasteiger charge is -2.29. The number of rotatable bonds is 5. The van der Waals surface area contributed by atoms with Crippen LogP contribution in [-0.2, 0) is 13.0 Å². The Kier molecular flexibility index (Phi) is 5.25. The SMILES string of the molecule is CCCCN(C)c1ccc(C(=O)N2CCc3nc(N)nc(N)c3C2)cc1. The van der Waals surface area contributed by atoms with Crippen LogP contribution in [0, 0.1) is 0 Å². The van der Waals surface area contributed by atoms with Crippen molar-refractivity contribution in [1.82, 2.24) is 14.9 Å². The predicted molar refractivity (Wildman–Crippen MR) is 104 cm³/mol. The zero-order valence-electron chi connectivity index (χ0n) is 15.4. The first-order valence-corrected chi connectivity index (χ1v) is 9.00. The Bertz CT molecular complexity index is 789. The van der Waals surface area contributed by atoms with Crippen molar-refractivity contribution in [3.8, 4) is 0 Å². The van der Waals surface area contributed by atoms with Crippen LogP contribution in [0.25, 0.3) is 0 Å². The fraction of sp³-hybridized carbons (Fsp3) is 0.421. The summed E-state index contributed by atoms with van der Waals surface area (Å²) in [6.45, 7) is 4.20. The maximum Gasteiger partial charge on any atom is 0.254 e. The first-order chi connectivity index (χ1) is 12.5. The second-order valence-electron chi connectivity index (χ2n) is 6.69. The number of amides is 1. The van der Waals surface area contributed by atoms with E-state index in [2.05, 4.69) is 28.8 Å². The van der Waals surface area contributed by atoms with Crippen LogP contribution in [0.2, 0.25) is 0 Å². The molecule has 7 heteroatoms. The fourth-order valence-electron chi connectivity index (χ4n) is 3.20. The summed E-state index contributed by atoms with van der Waals surface area (Å²) in [6.07, 6.45) is 2.95. The van der Waals surface area contributed by atoms with Crippen LogP contribution >= 0.6 is 0 Å². The lowest BCUT2D eigenvalue weighted by atomic mass is 10.0. The predicted octanol–water partition coefficient (Wildman–Crippen LogP) is 2.08. The van der Waals surface area contributed by atoms with Gasteiger partial charge in [0.05, 0.1) is 12.2 Å². The Hall–Kier alpha value is -2.83. The molecule has 1 aromatic heterocycles. The van der Waals surface area contributed by atoms with Gasteiger partial charge in [-0.3, -0.25) is 4.79 Å². The molecule has 2 heterocycles. The van der Waals surface area contributed by atoms with Gasteiger partial charge in [0.2, 0.25) is 5.95 Å². The molecule has 0 bridgehead atoms. The molecular weight excluding hydrogens is 328 g/mol. The first-order valence-electron chi connectivity index (χ1n) is 9.00. The summed E-state index contributed by atoms with van der Waals surface area (Å²) in [5, 5.41) is 0. The summed E-state index contributed by atoms with van der Waals surface area (Å²) in [4.78, 5) is 25.1. The third-order valence-corrected chi connectivity index (χ3v) is 4.80. The zero-order chi connectivity index (χ0) is 18.7. The zero-order valence-corrected chi connectivity index (χ0v) is 15.4. The van der Waals surface area contributed by atoms with Crippen LogP contribution in [-0.4, -0.2) is 40.9 Å². The molecule has 138 valence electrons. The fourth-order valence-corrected chi connectivity index (χ4v) is 3.20. The topological polar surface area (TPSA) is 101 Å². The van der Waals surface area contributed by atoms with Crippen molar-refractivity contribution in [1.29, 1.82) is 0 Å². The number of carbonyl (C=O) groups excluding carboxylic acids is 1. The van der Waals surface area contributed by atoms with Gasteiger partial charge in [-0.1, -0.05) is 13.3 Å². The van der Waals surface area contributed by atoms with Crippen molar-refractivity contribution < 1.29 is 4.79 Å². The Balaban J connectivity index is 1.72. The summed E-state index contributed by atoms with van der Waals surface area (Å²) >= 11 is 0. The minimum Gasteiger partial charge on any atom is -0.383 e. The summed E-state index contributed by atoms with van der Waals surface area (Å²) < 4.78 is 0. The van der Waals surface area contributed by atoms with E-state index < -0.39 is 0 Å². The molecule has 0 saturated carbocycles. The summed E-state index contributed by atoms with van der Waals surface area (Å²) in [5.74, 6) is 0.538. The highest BCUT2D eigenvalue weighted by Gasteiger charge is 2.25. The van der Waals surface area contributed by atoms with Gasteiger partial charge in [-0.05, 0) is 30.7 Å². The molecule has 1 aliphatic heterocycles. The third-order valence-electron chi connectivity index (χ3n) is 4.80. The van der Waals surface area contributed by atoms with Crippen LogP contribution in [0.1, 0.15) is 41.4 Å². The molecule has 1 aromatic carbocycles. The molecule has 26 heavy (non-hydrogen) atoms. The second kappa shape index (κ2) is 7.59. The van der Waals surface area contributed by atoms with Crippen molar-refractivity contribution >= 4 is 23.4 Å². The maximum absolute atomic E-state index is 12.8. The normalized spacial score (nSPS) is 13.4. The molecule has 0 atom stereocenters. The molecule has 4 N–H and O–H groups in total. The third kappa shape index (κ3) is 3.71. The van der Waals surface area contributed by atoms with E-state index in [0.29, 0.717) is 30.9 Å². The van der Waals surface area contributed by atoms with Crippen molar-refractivity contribution in [2.24, 2.45) is 0 Å². The van der Waals surface area contributed by atoms with Gasteiger partial charge in [0.1, 0.15) is 5.82 Å². The van der Waals surface area contributed by atoms with Gasteiger partial charge >= 0.3 is 0 Å². The smallest absolute Gasteiger partial charge is 0.254 e. The molecule has 0 fully saturated rings. The Labute approximate surface area is 154 Å². The lowest BCUT2D eigenvalue weighted by Crippen LogP contribution is -2.37. The largest absolute Gasteiger partial charge is 0.383 e. The highest BCUT2D eigenvalue weighted by molar-refractivity contribution is 5.94. The van der Waals surface area contributed by atoms with Crippen LogP contribution < -0.4 is 16.4 Å². The van der Waals surface area contributed by atoms with E-state index in [9.17, 15) is 4.79 Å². The number of nitrogens with two attached hydrogens (primary N) is 2. The Morgan fingerprint density at radius 3 is 2.65 bits per heavy atom. The number of hydrogen-bond acceptors (Lipinski definition) is 6. The quantitative estimate of drug-likeness (QED) is 0.852. The monoisotopic (exact) mass is 354 g/mol. The number of aromatic nitrogens is 2. The van der Waals surface area contributed by atoms with E-state index in [1.165, 1.54) is 0 Å². The number of anilines is 3. The van der Waals surface area contributed by atoms with E-state index in [1.54, 1.807) is 4.90 Å². The standard InChI is InChI=1S/C19H26N6O/c1-3-4-10-24(2)14-7-5-13(6-8-14)18(26)25-11-9-16-15(12-25)17(20)23-19(21)22-16/h5-8H,3-4,9-12H2,1-2H3,(H4,20,21,22,23). The molecule has 0 spiro atoms. The summed E-state index contributed by atoms with van der Waals surface area (Å²) in [5.41, 5.74) is 15.0. The minimum atomic E-state index is -0.00497. The van der Waals surface area contributed by atoms with E-state index in [0.717, 1.165) is 36.3 Å². The summed E-state index contributed by atoms with van der Waals surface area (Å²) in [7, 11) is 2.07. The molecule has 0 saturated heterocycles. The van der Waals surface area contributed by atoms with E-state index in [1.807, 2.05) is 24.3 Å². The molecule has 2 aromatic rings. The summed E-state index contributed by atoms with van der Waals surface area (Å²) in [6, 6.07) is 7.77. The number of nitrogens with zero attached hydrogens (tertiary/aromatic N) is 4. The second-order valence-corrected chi connectivity index (χ2v) is 6.69. The molecule has 3 rings (SSSR count). The van der Waals surface area contributed by atoms with Gasteiger partial charge in [-0.25, -0.2) is 4.98 Å². The highest BCUT2D eigenvalue weighted by atomic mass is 16.2. The van der Waals surface area contributed by atoms with Crippen LogP contribution in [0.5, 0.6) is 0 Å². The van der Waals surface area contributed by atoms with Gasteiger partial charge in [-0.15, -0.1) is 0 Å². The van der Waals surface area contributed by atoms with Crippen molar-refractivity contribution in [3.63, 3.8) is 0 Å². The average molecular weight is 354 g/mol. The maximum atomic E-state index is 12.8. The van der Waals surface area contributed by atoms with E-state index >= 15 is 0 Å². The highest BCUT2D eigenvalue weighted by Crippen LogP contribution is 2.24. The Morgan fingerprint density at radius 2 is 1.96 bits per heavy atom. The van der Waals surface area contributed by atoms with Gasteiger partial charge in [0, 0.05) is 43.4 Å². The number of fused-ring (bicyclic) bond motifs is 1. The molecule has 0 aliphatic carbocycles. The lowest BCUT2D eigenvalue weighted by molar-refractivity contribution is 0.0734. The number of nitrogen functional groups attached to an aromatic ring is 2. The van der Waals surface area contributed by atoms with Crippen molar-refractivity contribution in [2.75, 3.05) is 36.5 Å². The molecule has 1 aliphatic rings. The average Bonchev–Trinajstić information content (AvgIpc) is 2.65. The van der Waals surface area contributed by atoms with Crippen molar-refractivity contribution in [2.45, 2.75) is 32.7 Å². The minimum absolute atomic E-state index is 0.00497. The van der Waals surface area contributed by atoms with Crippen LogP contribution in [0.15, 0.2) is 24.3 Å². The van der Waals surface area contributed by atoms with Crippen LogP contribution in [0.4, 0.5) is 17.5 Å². The molecule has 0 radical (unpaired) electrons. The number of benzene rings is 1. The van der Waals surface area contributed by atoms with Gasteiger partial charge in [0.25, 0.3) is 5.91 Å². The molecule has 7 nitrogen and oxygen atoms in total. The van der Waals surface area contributed by atoms with Gasteiger partial charge < -0.3 is 21.3 Å². The van der Waals surface area contributed by atoms with Gasteiger partial charge in [-0.2, -0.15) is 4.98 Å². The van der Waals surface area contributed by atoms with Crippen molar-refractivity contribution in [3.05, 3.63) is 41.1 Å². The van der Waals surface area contributed by atoms with Crippen LogP contribution in [0.3, 0.4) is 0 Å². The van der Waals surface area contributed by atoms with E-state index in [-0.39, 0.29) is 11.9 Å². The molecular formula is C19H26N6O. The first kappa shape index (κ1) is 18.0. The number of hydrogen-bond donors (Lipinski definition) is 2. The van der Waals surface area contributed by atoms with Gasteiger partial charge in [0.15, 0.2) is 0 Å². The number of unbranched alkanes of at least 4 members (excludes halogenated alkanes) is 1. The van der Waals surface area contributed by atoms with E-state index in [4.69, 9.17) is 11.5 Å². The molecule has 1 amide bonds. The number of carbonyl (C=O) groups is 1.